The maximum absolute atomic E-state index is 5.59. The van der Waals surface area contributed by atoms with E-state index in [0.717, 1.165) is 55.9 Å². The molecule has 30 heavy (non-hydrogen) atoms. The Labute approximate surface area is 183 Å². The summed E-state index contributed by atoms with van der Waals surface area (Å²) >= 11 is 1.80. The quantitative estimate of drug-likeness (QED) is 0.469. The maximum Gasteiger partial charge on any atom is 0.191 e. The lowest BCUT2D eigenvalue weighted by molar-refractivity contribution is 0.0177. The first-order chi connectivity index (χ1) is 14.7. The Morgan fingerprint density at radius 1 is 1.23 bits per heavy atom. The number of ether oxygens (including phenoxy) is 3. The van der Waals surface area contributed by atoms with Gasteiger partial charge in [-0.05, 0) is 36.1 Å². The van der Waals surface area contributed by atoms with E-state index < -0.39 is 0 Å². The number of aliphatic imine (C=N–C) groups is 1. The summed E-state index contributed by atoms with van der Waals surface area (Å²) in [6.07, 6.45) is 0. The van der Waals surface area contributed by atoms with E-state index in [4.69, 9.17) is 14.2 Å². The van der Waals surface area contributed by atoms with Crippen LogP contribution < -0.4 is 20.1 Å². The zero-order valence-electron chi connectivity index (χ0n) is 18.0. The SMILES string of the molecule is CCOc1ccc(CNC(=NC)NCC(c2cccs2)N2CCOCC2)cc1OC. The van der Waals surface area contributed by atoms with Crippen molar-refractivity contribution >= 4 is 17.3 Å². The zero-order valence-corrected chi connectivity index (χ0v) is 18.8. The van der Waals surface area contributed by atoms with Gasteiger partial charge in [-0.3, -0.25) is 9.89 Å². The molecule has 3 rings (SSSR count). The van der Waals surface area contributed by atoms with E-state index in [-0.39, 0.29) is 0 Å². The Bertz CT molecular complexity index is 792. The van der Waals surface area contributed by atoms with E-state index in [1.54, 1.807) is 25.5 Å². The third-order valence-electron chi connectivity index (χ3n) is 5.03. The number of nitrogens with zero attached hydrogens (tertiary/aromatic N) is 2. The number of thiophene rings is 1. The van der Waals surface area contributed by atoms with Crippen LogP contribution in [0.2, 0.25) is 0 Å². The van der Waals surface area contributed by atoms with Crippen molar-refractivity contribution in [2.45, 2.75) is 19.5 Å². The van der Waals surface area contributed by atoms with Crippen molar-refractivity contribution < 1.29 is 14.2 Å². The van der Waals surface area contributed by atoms with Gasteiger partial charge in [-0.1, -0.05) is 12.1 Å². The van der Waals surface area contributed by atoms with E-state index in [2.05, 4.69) is 38.0 Å². The summed E-state index contributed by atoms with van der Waals surface area (Å²) in [5, 5.41) is 9.02. The van der Waals surface area contributed by atoms with E-state index in [1.165, 1.54) is 4.88 Å². The van der Waals surface area contributed by atoms with E-state index in [9.17, 15) is 0 Å². The van der Waals surface area contributed by atoms with Crippen LogP contribution in [0.5, 0.6) is 11.5 Å². The number of hydrogen-bond acceptors (Lipinski definition) is 6. The minimum atomic E-state index is 0.304. The minimum absolute atomic E-state index is 0.304. The molecule has 1 saturated heterocycles. The van der Waals surface area contributed by atoms with Gasteiger partial charge >= 0.3 is 0 Å². The van der Waals surface area contributed by atoms with Gasteiger partial charge in [-0.2, -0.15) is 0 Å². The topological polar surface area (TPSA) is 67.4 Å². The fraction of sp³-hybridized carbons (Fsp3) is 0.500. The van der Waals surface area contributed by atoms with Crippen LogP contribution in [0.4, 0.5) is 0 Å². The molecule has 1 aromatic carbocycles. The Balaban J connectivity index is 1.58. The summed E-state index contributed by atoms with van der Waals surface area (Å²) < 4.78 is 16.6. The van der Waals surface area contributed by atoms with Crippen molar-refractivity contribution in [3.63, 3.8) is 0 Å². The highest BCUT2D eigenvalue weighted by molar-refractivity contribution is 7.10. The van der Waals surface area contributed by atoms with Crippen LogP contribution in [-0.2, 0) is 11.3 Å². The first-order valence-electron chi connectivity index (χ1n) is 10.3. The van der Waals surface area contributed by atoms with Crippen LogP contribution in [-0.4, -0.2) is 64.5 Å². The summed E-state index contributed by atoms with van der Waals surface area (Å²) in [7, 11) is 3.45. The normalized spacial score (nSPS) is 16.2. The number of methoxy groups -OCH3 is 1. The number of morpholine rings is 1. The second-order valence-electron chi connectivity index (χ2n) is 6.90. The third-order valence-corrected chi connectivity index (χ3v) is 6.01. The first-order valence-corrected chi connectivity index (χ1v) is 11.2. The lowest BCUT2D eigenvalue weighted by Crippen LogP contribution is -2.46. The average Bonchev–Trinajstić information content (AvgIpc) is 3.32. The summed E-state index contributed by atoms with van der Waals surface area (Å²) in [5.41, 5.74) is 1.10. The molecule has 2 aromatic rings. The van der Waals surface area contributed by atoms with E-state index >= 15 is 0 Å². The van der Waals surface area contributed by atoms with Gasteiger partial charge in [0.15, 0.2) is 17.5 Å². The van der Waals surface area contributed by atoms with Crippen molar-refractivity contribution in [2.24, 2.45) is 4.99 Å². The van der Waals surface area contributed by atoms with Gasteiger partial charge in [0, 0.05) is 38.1 Å². The highest BCUT2D eigenvalue weighted by Gasteiger charge is 2.23. The van der Waals surface area contributed by atoms with E-state index in [1.807, 2.05) is 25.1 Å². The second kappa shape index (κ2) is 11.8. The van der Waals surface area contributed by atoms with Gasteiger partial charge in [0.25, 0.3) is 0 Å². The van der Waals surface area contributed by atoms with Crippen LogP contribution in [0.1, 0.15) is 23.4 Å². The molecule has 8 heteroatoms. The Morgan fingerprint density at radius 3 is 2.73 bits per heavy atom. The van der Waals surface area contributed by atoms with Crippen molar-refractivity contribution in [3.05, 3.63) is 46.2 Å². The second-order valence-corrected chi connectivity index (χ2v) is 7.88. The van der Waals surface area contributed by atoms with Gasteiger partial charge in [0.1, 0.15) is 0 Å². The number of nitrogens with one attached hydrogen (secondary N) is 2. The lowest BCUT2D eigenvalue weighted by Gasteiger charge is -2.34. The van der Waals surface area contributed by atoms with Crippen LogP contribution >= 0.6 is 11.3 Å². The van der Waals surface area contributed by atoms with Crippen molar-refractivity contribution in [2.75, 3.05) is 53.6 Å². The number of hydrogen-bond donors (Lipinski definition) is 2. The predicted molar refractivity (Wildman–Crippen MR) is 122 cm³/mol. The molecule has 0 spiro atoms. The van der Waals surface area contributed by atoms with Gasteiger partial charge < -0.3 is 24.8 Å². The Hall–Kier alpha value is -2.29. The fourth-order valence-corrected chi connectivity index (χ4v) is 4.34. The molecular weight excluding hydrogens is 400 g/mol. The molecule has 0 saturated carbocycles. The zero-order chi connectivity index (χ0) is 21.2. The fourth-order valence-electron chi connectivity index (χ4n) is 3.48. The van der Waals surface area contributed by atoms with Gasteiger partial charge in [0.05, 0.1) is 33.0 Å². The number of guanidine groups is 1. The van der Waals surface area contributed by atoms with Gasteiger partial charge in [-0.25, -0.2) is 0 Å². The molecule has 1 atom stereocenters. The van der Waals surface area contributed by atoms with E-state index in [0.29, 0.717) is 19.2 Å². The van der Waals surface area contributed by atoms with Crippen molar-refractivity contribution in [3.8, 4) is 11.5 Å². The monoisotopic (exact) mass is 432 g/mol. The molecule has 2 N–H and O–H groups in total. The molecule has 0 bridgehead atoms. The van der Waals surface area contributed by atoms with Crippen molar-refractivity contribution in [1.29, 1.82) is 0 Å². The van der Waals surface area contributed by atoms with Crippen LogP contribution in [0.25, 0.3) is 0 Å². The third kappa shape index (κ3) is 6.10. The molecule has 7 nitrogen and oxygen atoms in total. The van der Waals surface area contributed by atoms with Crippen LogP contribution in [0, 0.1) is 0 Å². The highest BCUT2D eigenvalue weighted by Crippen LogP contribution is 2.28. The molecule has 1 aromatic heterocycles. The molecule has 2 heterocycles. The van der Waals surface area contributed by atoms with Gasteiger partial charge in [-0.15, -0.1) is 11.3 Å². The molecule has 0 aliphatic carbocycles. The molecule has 1 aliphatic rings. The molecule has 0 radical (unpaired) electrons. The predicted octanol–water partition coefficient (Wildman–Crippen LogP) is 2.89. The smallest absolute Gasteiger partial charge is 0.191 e. The Kier molecular flexibility index (Phi) is 8.80. The molecule has 1 aliphatic heterocycles. The van der Waals surface area contributed by atoms with Gasteiger partial charge in [0.2, 0.25) is 0 Å². The van der Waals surface area contributed by atoms with Crippen LogP contribution in [0.3, 0.4) is 0 Å². The van der Waals surface area contributed by atoms with Crippen molar-refractivity contribution in [1.82, 2.24) is 15.5 Å². The molecule has 0 amide bonds. The molecule has 1 unspecified atom stereocenters. The maximum atomic E-state index is 5.59. The molecule has 164 valence electrons. The average molecular weight is 433 g/mol. The summed E-state index contributed by atoms with van der Waals surface area (Å²) in [6.45, 7) is 7.47. The number of rotatable bonds is 9. The Morgan fingerprint density at radius 2 is 2.07 bits per heavy atom. The summed E-state index contributed by atoms with van der Waals surface area (Å²) in [6, 6.07) is 10.6. The standard InChI is InChI=1S/C22H32N4O3S/c1-4-29-19-8-7-17(14-20(19)27-3)15-24-22(23-2)25-16-18(21-6-5-13-30-21)26-9-11-28-12-10-26/h5-8,13-14,18H,4,9-12,15-16H2,1-3H3,(H2,23,24,25). The lowest BCUT2D eigenvalue weighted by atomic mass is 10.2. The van der Waals surface area contributed by atoms with Crippen LogP contribution in [0.15, 0.2) is 40.7 Å². The molecule has 1 fully saturated rings. The highest BCUT2D eigenvalue weighted by atomic mass is 32.1. The summed E-state index contributed by atoms with van der Waals surface area (Å²) in [4.78, 5) is 8.23. The minimum Gasteiger partial charge on any atom is -0.493 e. The number of benzene rings is 1. The first kappa shape index (κ1) is 22.4. The summed E-state index contributed by atoms with van der Waals surface area (Å²) in [5.74, 6) is 2.28. The largest absolute Gasteiger partial charge is 0.493 e. The molecular formula is C22H32N4O3S.